The maximum atomic E-state index is 4.40. The van der Waals surface area contributed by atoms with E-state index in [9.17, 15) is 0 Å². The second kappa shape index (κ2) is 7.29. The lowest BCUT2D eigenvalue weighted by Crippen LogP contribution is -2.36. The van der Waals surface area contributed by atoms with Crippen molar-refractivity contribution in [2.24, 2.45) is 0 Å². The number of hydrogen-bond acceptors (Lipinski definition) is 4. The molecule has 0 aliphatic carbocycles. The predicted octanol–water partition coefficient (Wildman–Crippen LogP) is 2.87. The van der Waals surface area contributed by atoms with Crippen LogP contribution in [0.25, 0.3) is 0 Å². The molecular formula is C14H26N4S. The summed E-state index contributed by atoms with van der Waals surface area (Å²) in [6.45, 7) is 8.83. The molecule has 0 aromatic carbocycles. The molecule has 0 bridgehead atoms. The maximum Gasteiger partial charge on any atom is 0.191 e. The summed E-state index contributed by atoms with van der Waals surface area (Å²) in [5, 5.41) is 14.0. The first kappa shape index (κ1) is 14.9. The zero-order valence-corrected chi connectivity index (χ0v) is 13.2. The molecule has 1 aliphatic rings. The van der Waals surface area contributed by atoms with Crippen molar-refractivity contribution >= 4 is 11.8 Å². The summed E-state index contributed by atoms with van der Waals surface area (Å²) in [7, 11) is 0. The van der Waals surface area contributed by atoms with Gasteiger partial charge >= 0.3 is 0 Å². The van der Waals surface area contributed by atoms with Crippen LogP contribution in [-0.2, 0) is 13.0 Å². The fourth-order valence-electron chi connectivity index (χ4n) is 2.70. The Morgan fingerprint density at radius 2 is 2.11 bits per heavy atom. The molecule has 108 valence electrons. The minimum atomic E-state index is 0.529. The SMILES string of the molecule is CCNC(CC)C(C)Sc1nnc2n1CCCCC2. The molecule has 2 unspecified atom stereocenters. The molecule has 1 N–H and O–H groups in total. The maximum absolute atomic E-state index is 4.40. The van der Waals surface area contributed by atoms with Crippen LogP contribution in [0, 0.1) is 0 Å². The highest BCUT2D eigenvalue weighted by molar-refractivity contribution is 7.99. The first-order valence-corrected chi connectivity index (χ1v) is 8.46. The minimum absolute atomic E-state index is 0.529. The summed E-state index contributed by atoms with van der Waals surface area (Å²) in [5.41, 5.74) is 0. The number of nitrogens with zero attached hydrogens (tertiary/aromatic N) is 3. The molecule has 0 amide bonds. The van der Waals surface area contributed by atoms with E-state index in [-0.39, 0.29) is 0 Å². The van der Waals surface area contributed by atoms with E-state index in [0.717, 1.165) is 31.1 Å². The van der Waals surface area contributed by atoms with Gasteiger partial charge in [-0.05, 0) is 25.8 Å². The van der Waals surface area contributed by atoms with Gasteiger partial charge in [-0.2, -0.15) is 0 Å². The molecule has 0 spiro atoms. The molecule has 2 rings (SSSR count). The Kier molecular flexibility index (Phi) is 5.70. The van der Waals surface area contributed by atoms with Crippen LogP contribution in [0.15, 0.2) is 5.16 Å². The van der Waals surface area contributed by atoms with Gasteiger partial charge in [-0.1, -0.05) is 39.0 Å². The van der Waals surface area contributed by atoms with E-state index in [0.29, 0.717) is 11.3 Å². The standard InChI is InChI=1S/C14H26N4S/c1-4-12(15-5-2)11(3)19-14-17-16-13-9-7-6-8-10-18(13)14/h11-12,15H,4-10H2,1-3H3. The number of aromatic nitrogens is 3. The smallest absolute Gasteiger partial charge is 0.191 e. The van der Waals surface area contributed by atoms with Crippen LogP contribution in [0.5, 0.6) is 0 Å². The third-order valence-electron chi connectivity index (χ3n) is 3.84. The van der Waals surface area contributed by atoms with Crippen molar-refractivity contribution in [1.29, 1.82) is 0 Å². The van der Waals surface area contributed by atoms with Gasteiger partial charge in [0, 0.05) is 24.3 Å². The highest BCUT2D eigenvalue weighted by Crippen LogP contribution is 2.27. The zero-order valence-electron chi connectivity index (χ0n) is 12.4. The second-order valence-corrected chi connectivity index (χ2v) is 6.60. The van der Waals surface area contributed by atoms with E-state index in [1.165, 1.54) is 25.1 Å². The lowest BCUT2D eigenvalue weighted by Gasteiger charge is -2.22. The molecule has 2 atom stereocenters. The third-order valence-corrected chi connectivity index (χ3v) is 5.05. The van der Waals surface area contributed by atoms with Gasteiger partial charge in [0.25, 0.3) is 0 Å². The van der Waals surface area contributed by atoms with Crippen molar-refractivity contribution in [1.82, 2.24) is 20.1 Å². The van der Waals surface area contributed by atoms with Crippen LogP contribution in [-0.4, -0.2) is 32.6 Å². The molecule has 4 nitrogen and oxygen atoms in total. The van der Waals surface area contributed by atoms with Gasteiger partial charge < -0.3 is 9.88 Å². The van der Waals surface area contributed by atoms with Crippen molar-refractivity contribution in [2.45, 2.75) is 75.9 Å². The Labute approximate surface area is 120 Å². The van der Waals surface area contributed by atoms with Crippen LogP contribution in [0.4, 0.5) is 0 Å². The molecule has 0 fully saturated rings. The number of rotatable bonds is 6. The van der Waals surface area contributed by atoms with Crippen molar-refractivity contribution in [3.05, 3.63) is 5.82 Å². The monoisotopic (exact) mass is 282 g/mol. The van der Waals surface area contributed by atoms with E-state index < -0.39 is 0 Å². The average molecular weight is 282 g/mol. The topological polar surface area (TPSA) is 42.7 Å². The van der Waals surface area contributed by atoms with E-state index in [4.69, 9.17) is 0 Å². The first-order chi connectivity index (χ1) is 9.26. The van der Waals surface area contributed by atoms with E-state index in [1.54, 1.807) is 0 Å². The molecular weight excluding hydrogens is 256 g/mol. The third kappa shape index (κ3) is 3.72. The van der Waals surface area contributed by atoms with Crippen LogP contribution < -0.4 is 5.32 Å². The average Bonchev–Trinajstić information content (AvgIpc) is 2.64. The summed E-state index contributed by atoms with van der Waals surface area (Å²) in [6.07, 6.45) is 6.08. The van der Waals surface area contributed by atoms with E-state index in [2.05, 4.69) is 40.9 Å². The number of nitrogens with one attached hydrogen (secondary N) is 1. The molecule has 1 aliphatic heterocycles. The summed E-state index contributed by atoms with van der Waals surface area (Å²) >= 11 is 1.87. The fraction of sp³-hybridized carbons (Fsp3) is 0.857. The van der Waals surface area contributed by atoms with Crippen molar-refractivity contribution in [3.63, 3.8) is 0 Å². The lowest BCUT2D eigenvalue weighted by molar-refractivity contribution is 0.506. The molecule has 1 aromatic heterocycles. The fourth-order valence-corrected chi connectivity index (χ4v) is 3.90. The molecule has 2 heterocycles. The lowest BCUT2D eigenvalue weighted by atomic mass is 10.2. The number of thioether (sulfide) groups is 1. The van der Waals surface area contributed by atoms with Crippen LogP contribution >= 0.6 is 11.8 Å². The van der Waals surface area contributed by atoms with Crippen molar-refractivity contribution < 1.29 is 0 Å². The Morgan fingerprint density at radius 1 is 1.26 bits per heavy atom. The summed E-state index contributed by atoms with van der Waals surface area (Å²) in [4.78, 5) is 0. The number of hydrogen-bond donors (Lipinski definition) is 1. The highest BCUT2D eigenvalue weighted by atomic mass is 32.2. The summed E-state index contributed by atoms with van der Waals surface area (Å²) in [5.74, 6) is 1.18. The van der Waals surface area contributed by atoms with Gasteiger partial charge in [-0.25, -0.2) is 0 Å². The van der Waals surface area contributed by atoms with Gasteiger partial charge in [0.1, 0.15) is 5.82 Å². The molecule has 0 radical (unpaired) electrons. The van der Waals surface area contributed by atoms with Crippen LogP contribution in [0.1, 0.15) is 52.3 Å². The quantitative estimate of drug-likeness (QED) is 0.815. The predicted molar refractivity (Wildman–Crippen MR) is 80.7 cm³/mol. The minimum Gasteiger partial charge on any atom is -0.313 e. The van der Waals surface area contributed by atoms with Gasteiger partial charge in [0.15, 0.2) is 5.16 Å². The summed E-state index contributed by atoms with van der Waals surface area (Å²) < 4.78 is 2.34. The Bertz CT molecular complexity index is 391. The van der Waals surface area contributed by atoms with Crippen LogP contribution in [0.3, 0.4) is 0 Å². The Balaban J connectivity index is 2.04. The largest absolute Gasteiger partial charge is 0.313 e. The Morgan fingerprint density at radius 3 is 2.84 bits per heavy atom. The number of aryl methyl sites for hydroxylation is 1. The Hall–Kier alpha value is -0.550. The molecule has 5 heteroatoms. The second-order valence-electron chi connectivity index (χ2n) is 5.26. The summed E-state index contributed by atoms with van der Waals surface area (Å²) in [6, 6.07) is 0.550. The molecule has 19 heavy (non-hydrogen) atoms. The van der Waals surface area contributed by atoms with Gasteiger partial charge in [-0.15, -0.1) is 10.2 Å². The normalized spacial score (nSPS) is 18.7. The van der Waals surface area contributed by atoms with E-state index in [1.807, 2.05) is 11.8 Å². The van der Waals surface area contributed by atoms with E-state index >= 15 is 0 Å². The van der Waals surface area contributed by atoms with Crippen molar-refractivity contribution in [3.8, 4) is 0 Å². The van der Waals surface area contributed by atoms with Gasteiger partial charge in [0.2, 0.25) is 0 Å². The molecule has 0 saturated heterocycles. The first-order valence-electron chi connectivity index (χ1n) is 7.58. The van der Waals surface area contributed by atoms with Gasteiger partial charge in [-0.3, -0.25) is 0 Å². The molecule has 0 saturated carbocycles. The van der Waals surface area contributed by atoms with Crippen molar-refractivity contribution in [2.75, 3.05) is 6.54 Å². The number of fused-ring (bicyclic) bond motifs is 1. The molecule has 1 aromatic rings. The van der Waals surface area contributed by atoms with Crippen LogP contribution in [0.2, 0.25) is 0 Å². The zero-order chi connectivity index (χ0) is 13.7. The highest BCUT2D eigenvalue weighted by Gasteiger charge is 2.21. The van der Waals surface area contributed by atoms with Gasteiger partial charge in [0.05, 0.1) is 0 Å².